The standard InChI is InChI=1S/C26H24N4OS/c1-18-12-13-24-21(16-18)22(17-27-29-26-28-23-10-6-7-11-25(23)32-26)19(2)30(24)14-15-31-20-8-4-3-5-9-20/h3-13,16-17H,14-15H2,1-2H3,(H,28,29). The second kappa shape index (κ2) is 8.85. The molecule has 0 aliphatic rings. The Morgan fingerprint density at radius 1 is 1.03 bits per heavy atom. The highest BCUT2D eigenvalue weighted by molar-refractivity contribution is 7.22. The highest BCUT2D eigenvalue weighted by Gasteiger charge is 2.13. The monoisotopic (exact) mass is 440 g/mol. The molecule has 5 nitrogen and oxygen atoms in total. The van der Waals surface area contributed by atoms with Crippen molar-refractivity contribution in [3.05, 3.63) is 89.6 Å². The fraction of sp³-hybridized carbons (Fsp3) is 0.154. The highest BCUT2D eigenvalue weighted by atomic mass is 32.1. The summed E-state index contributed by atoms with van der Waals surface area (Å²) in [4.78, 5) is 4.59. The summed E-state index contributed by atoms with van der Waals surface area (Å²) in [6.07, 6.45) is 1.90. The average molecular weight is 441 g/mol. The Hall–Kier alpha value is -3.64. The molecule has 0 amide bonds. The summed E-state index contributed by atoms with van der Waals surface area (Å²) < 4.78 is 9.39. The van der Waals surface area contributed by atoms with E-state index in [-0.39, 0.29) is 0 Å². The molecule has 2 aromatic heterocycles. The molecule has 160 valence electrons. The number of fused-ring (bicyclic) bond motifs is 2. The molecule has 0 saturated carbocycles. The van der Waals surface area contributed by atoms with E-state index in [9.17, 15) is 0 Å². The molecule has 5 aromatic rings. The van der Waals surface area contributed by atoms with Gasteiger partial charge >= 0.3 is 0 Å². The number of benzene rings is 3. The van der Waals surface area contributed by atoms with Gasteiger partial charge in [-0.05, 0) is 50.2 Å². The largest absolute Gasteiger partial charge is 0.492 e. The third kappa shape index (κ3) is 4.09. The van der Waals surface area contributed by atoms with Crippen LogP contribution < -0.4 is 10.2 Å². The van der Waals surface area contributed by atoms with E-state index in [0.717, 1.165) is 38.9 Å². The van der Waals surface area contributed by atoms with Crippen LogP contribution in [-0.2, 0) is 6.54 Å². The number of para-hydroxylation sites is 2. The van der Waals surface area contributed by atoms with E-state index in [4.69, 9.17) is 4.74 Å². The molecule has 0 saturated heterocycles. The van der Waals surface area contributed by atoms with E-state index < -0.39 is 0 Å². The minimum Gasteiger partial charge on any atom is -0.492 e. The number of nitrogens with zero attached hydrogens (tertiary/aromatic N) is 3. The fourth-order valence-corrected chi connectivity index (χ4v) is 4.73. The van der Waals surface area contributed by atoms with Gasteiger partial charge in [-0.3, -0.25) is 5.43 Å². The van der Waals surface area contributed by atoms with Crippen LogP contribution in [-0.4, -0.2) is 22.4 Å². The molecule has 0 fully saturated rings. The van der Waals surface area contributed by atoms with E-state index in [1.54, 1.807) is 11.3 Å². The van der Waals surface area contributed by atoms with E-state index >= 15 is 0 Å². The molecule has 32 heavy (non-hydrogen) atoms. The van der Waals surface area contributed by atoms with E-state index in [0.29, 0.717) is 6.61 Å². The number of hydrazone groups is 1. The first-order valence-corrected chi connectivity index (χ1v) is 11.4. The van der Waals surface area contributed by atoms with Crippen LogP contribution in [0, 0.1) is 13.8 Å². The first kappa shape index (κ1) is 20.3. The lowest BCUT2D eigenvalue weighted by Gasteiger charge is -2.10. The van der Waals surface area contributed by atoms with Crippen molar-refractivity contribution < 1.29 is 4.74 Å². The van der Waals surface area contributed by atoms with Gasteiger partial charge in [-0.1, -0.05) is 53.3 Å². The minimum atomic E-state index is 0.600. The van der Waals surface area contributed by atoms with Crippen LogP contribution in [0.3, 0.4) is 0 Å². The predicted molar refractivity (Wildman–Crippen MR) is 134 cm³/mol. The number of hydrogen-bond acceptors (Lipinski definition) is 5. The number of thiazole rings is 1. The van der Waals surface area contributed by atoms with Gasteiger partial charge in [0.05, 0.1) is 23.0 Å². The van der Waals surface area contributed by atoms with Crippen molar-refractivity contribution in [3.8, 4) is 5.75 Å². The number of nitrogens with one attached hydrogen (secondary N) is 1. The van der Waals surface area contributed by atoms with Crippen LogP contribution in [0.25, 0.3) is 21.1 Å². The van der Waals surface area contributed by atoms with Gasteiger partial charge in [0.1, 0.15) is 12.4 Å². The van der Waals surface area contributed by atoms with Crippen molar-refractivity contribution in [2.75, 3.05) is 12.0 Å². The summed E-state index contributed by atoms with van der Waals surface area (Å²) in [6.45, 7) is 5.62. The second-order valence-corrected chi connectivity index (χ2v) is 8.72. The topological polar surface area (TPSA) is 51.4 Å². The zero-order valence-electron chi connectivity index (χ0n) is 18.1. The third-order valence-corrected chi connectivity index (χ3v) is 6.44. The van der Waals surface area contributed by atoms with Crippen molar-refractivity contribution in [1.82, 2.24) is 9.55 Å². The maximum Gasteiger partial charge on any atom is 0.204 e. The molecular weight excluding hydrogens is 416 g/mol. The lowest BCUT2D eigenvalue weighted by molar-refractivity contribution is 0.299. The molecule has 0 aliphatic heterocycles. The number of anilines is 1. The van der Waals surface area contributed by atoms with E-state index in [1.165, 1.54) is 16.5 Å². The summed E-state index contributed by atoms with van der Waals surface area (Å²) >= 11 is 1.60. The lowest BCUT2D eigenvalue weighted by atomic mass is 10.1. The van der Waals surface area contributed by atoms with Gasteiger partial charge in [0.2, 0.25) is 5.13 Å². The van der Waals surface area contributed by atoms with Gasteiger partial charge in [0.15, 0.2) is 0 Å². The number of aromatic nitrogens is 2. The van der Waals surface area contributed by atoms with Gasteiger partial charge in [0, 0.05) is 22.2 Å². The quantitative estimate of drug-likeness (QED) is 0.236. The zero-order chi connectivity index (χ0) is 21.9. The van der Waals surface area contributed by atoms with Gasteiger partial charge in [-0.2, -0.15) is 5.10 Å². The van der Waals surface area contributed by atoms with Crippen molar-refractivity contribution in [1.29, 1.82) is 0 Å². The Morgan fingerprint density at radius 2 is 1.84 bits per heavy atom. The zero-order valence-corrected chi connectivity index (χ0v) is 18.9. The maximum atomic E-state index is 5.94. The number of hydrogen-bond donors (Lipinski definition) is 1. The Balaban J connectivity index is 1.39. The molecule has 0 unspecified atom stereocenters. The molecule has 0 atom stereocenters. The van der Waals surface area contributed by atoms with Crippen molar-refractivity contribution in [3.63, 3.8) is 0 Å². The first-order valence-electron chi connectivity index (χ1n) is 10.6. The number of aryl methyl sites for hydroxylation is 1. The fourth-order valence-electron chi connectivity index (χ4n) is 3.92. The normalized spacial score (nSPS) is 11.6. The van der Waals surface area contributed by atoms with Crippen molar-refractivity contribution in [2.45, 2.75) is 20.4 Å². The SMILES string of the molecule is Cc1ccc2c(c1)c(C=NNc1nc3ccccc3s1)c(C)n2CCOc1ccccc1. The molecule has 2 heterocycles. The van der Waals surface area contributed by atoms with Crippen LogP contribution in [0.4, 0.5) is 5.13 Å². The Bertz CT molecular complexity index is 1370. The lowest BCUT2D eigenvalue weighted by Crippen LogP contribution is -2.09. The second-order valence-electron chi connectivity index (χ2n) is 7.69. The van der Waals surface area contributed by atoms with E-state index in [1.807, 2.05) is 54.7 Å². The first-order chi connectivity index (χ1) is 15.7. The molecule has 0 bridgehead atoms. The van der Waals surface area contributed by atoms with Crippen LogP contribution in [0.5, 0.6) is 5.75 Å². The Kier molecular flexibility index (Phi) is 5.60. The molecule has 3 aromatic carbocycles. The third-order valence-electron chi connectivity index (χ3n) is 5.50. The maximum absolute atomic E-state index is 5.94. The Labute approximate surface area is 191 Å². The summed E-state index contributed by atoms with van der Waals surface area (Å²) in [7, 11) is 0. The van der Waals surface area contributed by atoms with Crippen LogP contribution >= 0.6 is 11.3 Å². The van der Waals surface area contributed by atoms with Gasteiger partial charge in [-0.15, -0.1) is 0 Å². The summed E-state index contributed by atoms with van der Waals surface area (Å²) in [6, 6.07) is 24.6. The molecular formula is C26H24N4OS. The molecule has 6 heteroatoms. The number of rotatable bonds is 7. The average Bonchev–Trinajstić information content (AvgIpc) is 3.33. The van der Waals surface area contributed by atoms with Gasteiger partial charge in [0.25, 0.3) is 0 Å². The van der Waals surface area contributed by atoms with Crippen molar-refractivity contribution >= 4 is 43.8 Å². The molecule has 0 aliphatic carbocycles. The van der Waals surface area contributed by atoms with E-state index in [2.05, 4.69) is 58.2 Å². The smallest absolute Gasteiger partial charge is 0.204 e. The molecule has 1 N–H and O–H groups in total. The van der Waals surface area contributed by atoms with Gasteiger partial charge in [-0.25, -0.2) is 4.98 Å². The van der Waals surface area contributed by atoms with Gasteiger partial charge < -0.3 is 9.30 Å². The Morgan fingerprint density at radius 3 is 2.69 bits per heavy atom. The summed E-state index contributed by atoms with van der Waals surface area (Å²) in [5, 5.41) is 6.50. The minimum absolute atomic E-state index is 0.600. The summed E-state index contributed by atoms with van der Waals surface area (Å²) in [5.74, 6) is 0.888. The predicted octanol–water partition coefficient (Wildman–Crippen LogP) is 6.39. The van der Waals surface area contributed by atoms with Crippen LogP contribution in [0.15, 0.2) is 77.9 Å². The van der Waals surface area contributed by atoms with Crippen LogP contribution in [0.2, 0.25) is 0 Å². The number of ether oxygens (including phenoxy) is 1. The van der Waals surface area contributed by atoms with Crippen molar-refractivity contribution in [2.24, 2.45) is 5.10 Å². The molecule has 0 radical (unpaired) electrons. The highest BCUT2D eigenvalue weighted by Crippen LogP contribution is 2.27. The summed E-state index contributed by atoms with van der Waals surface area (Å²) in [5.41, 5.74) is 8.77. The molecule has 5 rings (SSSR count). The molecule has 0 spiro atoms. The van der Waals surface area contributed by atoms with Crippen LogP contribution in [0.1, 0.15) is 16.8 Å².